The fourth-order valence-electron chi connectivity index (χ4n) is 2.35. The van der Waals surface area contributed by atoms with Crippen LogP contribution < -0.4 is 0 Å². The summed E-state index contributed by atoms with van der Waals surface area (Å²) in [6.45, 7) is 2.31. The Kier molecular flexibility index (Phi) is 4.16. The zero-order chi connectivity index (χ0) is 14.7. The van der Waals surface area contributed by atoms with Gasteiger partial charge in [0.1, 0.15) is 0 Å². The molecule has 2 rings (SSSR count). The van der Waals surface area contributed by atoms with Gasteiger partial charge in [0, 0.05) is 6.54 Å². The van der Waals surface area contributed by atoms with Gasteiger partial charge in [-0.05, 0) is 25.0 Å². The Bertz CT molecular complexity index is 503. The number of tetrazole rings is 1. The summed E-state index contributed by atoms with van der Waals surface area (Å²) in [7, 11) is 1.60. The van der Waals surface area contributed by atoms with Crippen LogP contribution in [0.4, 0.5) is 4.79 Å². The number of esters is 1. The van der Waals surface area contributed by atoms with E-state index in [1.165, 1.54) is 9.70 Å². The van der Waals surface area contributed by atoms with Crippen molar-refractivity contribution in [2.45, 2.75) is 25.8 Å². The van der Waals surface area contributed by atoms with Crippen LogP contribution in [0.3, 0.4) is 0 Å². The van der Waals surface area contributed by atoms with Gasteiger partial charge in [0.15, 0.2) is 5.82 Å². The van der Waals surface area contributed by atoms with Crippen molar-refractivity contribution in [3.05, 3.63) is 5.82 Å². The van der Waals surface area contributed by atoms with E-state index in [0.717, 1.165) is 0 Å². The third-order valence-corrected chi connectivity index (χ3v) is 3.29. The maximum Gasteiger partial charge on any atom is 0.407 e. The lowest BCUT2D eigenvalue weighted by Crippen LogP contribution is -2.42. The molecule has 2 atom stereocenters. The number of amides is 1. The highest BCUT2D eigenvalue weighted by atomic mass is 16.5. The largest absolute Gasteiger partial charge is 0.466 e. The minimum Gasteiger partial charge on any atom is -0.466 e. The summed E-state index contributed by atoms with van der Waals surface area (Å²) in [6, 6.07) is -0.565. The molecule has 1 aliphatic rings. The predicted octanol–water partition coefficient (Wildman–Crippen LogP) is 0.204. The van der Waals surface area contributed by atoms with E-state index in [4.69, 9.17) is 4.74 Å². The summed E-state index contributed by atoms with van der Waals surface area (Å²) in [5.74, 6) is -0.324. The van der Waals surface area contributed by atoms with E-state index in [-0.39, 0.29) is 18.4 Å². The Morgan fingerprint density at radius 3 is 2.80 bits per heavy atom. The first-order valence-electron chi connectivity index (χ1n) is 6.43. The Morgan fingerprint density at radius 2 is 2.25 bits per heavy atom. The summed E-state index contributed by atoms with van der Waals surface area (Å²) < 4.78 is 5.00. The van der Waals surface area contributed by atoms with E-state index in [9.17, 15) is 14.7 Å². The van der Waals surface area contributed by atoms with E-state index >= 15 is 0 Å². The van der Waals surface area contributed by atoms with Crippen LogP contribution in [0.1, 0.15) is 31.6 Å². The van der Waals surface area contributed by atoms with Crippen molar-refractivity contribution in [1.82, 2.24) is 25.1 Å². The molecule has 9 nitrogen and oxygen atoms in total. The molecule has 1 aromatic rings. The highest BCUT2D eigenvalue weighted by molar-refractivity contribution is 5.73. The minimum absolute atomic E-state index is 0.252. The molecule has 1 fully saturated rings. The fraction of sp³-hybridized carbons (Fsp3) is 0.727. The van der Waals surface area contributed by atoms with Gasteiger partial charge in [-0.3, -0.25) is 9.69 Å². The Morgan fingerprint density at radius 1 is 1.50 bits per heavy atom. The number of rotatable bonds is 3. The number of nitrogens with zero attached hydrogens (tertiary/aromatic N) is 5. The third kappa shape index (κ3) is 2.86. The van der Waals surface area contributed by atoms with E-state index in [2.05, 4.69) is 15.4 Å². The number of aryl methyl sites for hydroxylation is 1. The Labute approximate surface area is 115 Å². The molecule has 2 heterocycles. The highest BCUT2D eigenvalue weighted by Gasteiger charge is 2.38. The number of carbonyl (C=O) groups excluding carboxylic acids is 1. The predicted molar refractivity (Wildman–Crippen MR) is 65.6 cm³/mol. The average molecular weight is 283 g/mol. The van der Waals surface area contributed by atoms with Crippen molar-refractivity contribution in [3.63, 3.8) is 0 Å². The molecule has 0 aliphatic carbocycles. The van der Waals surface area contributed by atoms with Gasteiger partial charge in [0.2, 0.25) is 0 Å². The lowest BCUT2D eigenvalue weighted by Gasteiger charge is -2.34. The van der Waals surface area contributed by atoms with Crippen LogP contribution in [0.15, 0.2) is 0 Å². The molecule has 2 unspecified atom stereocenters. The number of hydrogen-bond donors (Lipinski definition) is 1. The molecule has 0 saturated carbocycles. The van der Waals surface area contributed by atoms with Gasteiger partial charge in [-0.2, -0.15) is 4.80 Å². The second kappa shape index (κ2) is 5.85. The number of aromatic nitrogens is 4. The summed E-state index contributed by atoms with van der Waals surface area (Å²) >= 11 is 0. The molecule has 1 aromatic heterocycles. The highest BCUT2D eigenvalue weighted by Crippen LogP contribution is 2.33. The molecule has 0 bridgehead atoms. The second-order valence-electron chi connectivity index (χ2n) is 4.60. The zero-order valence-electron chi connectivity index (χ0n) is 11.4. The van der Waals surface area contributed by atoms with Gasteiger partial charge in [-0.1, -0.05) is 0 Å². The Balaban J connectivity index is 2.18. The van der Waals surface area contributed by atoms with Crippen molar-refractivity contribution in [2.75, 3.05) is 13.2 Å². The molecule has 0 spiro atoms. The van der Waals surface area contributed by atoms with Crippen LogP contribution in [0.25, 0.3) is 0 Å². The number of likely N-dealkylation sites (tertiary alicyclic amines) is 1. The molecule has 110 valence electrons. The van der Waals surface area contributed by atoms with Gasteiger partial charge >= 0.3 is 12.1 Å². The molecular weight excluding hydrogens is 266 g/mol. The molecule has 0 aromatic carbocycles. The molecule has 20 heavy (non-hydrogen) atoms. The molecule has 1 N–H and O–H groups in total. The zero-order valence-corrected chi connectivity index (χ0v) is 11.4. The van der Waals surface area contributed by atoms with Crippen LogP contribution in [-0.4, -0.2) is 55.4 Å². The number of ether oxygens (including phenoxy) is 1. The first-order chi connectivity index (χ1) is 9.52. The van der Waals surface area contributed by atoms with Gasteiger partial charge in [-0.15, -0.1) is 10.2 Å². The van der Waals surface area contributed by atoms with Crippen molar-refractivity contribution in [2.24, 2.45) is 13.0 Å². The first-order valence-corrected chi connectivity index (χ1v) is 6.43. The van der Waals surface area contributed by atoms with Gasteiger partial charge in [0.25, 0.3) is 0 Å². The number of hydrogen-bond acceptors (Lipinski definition) is 6. The van der Waals surface area contributed by atoms with Gasteiger partial charge in [0.05, 0.1) is 25.6 Å². The van der Waals surface area contributed by atoms with Crippen LogP contribution in [-0.2, 0) is 16.6 Å². The fourth-order valence-corrected chi connectivity index (χ4v) is 2.35. The quantitative estimate of drug-likeness (QED) is 0.789. The lowest BCUT2D eigenvalue weighted by atomic mass is 9.90. The maximum atomic E-state index is 11.8. The van der Waals surface area contributed by atoms with Crippen molar-refractivity contribution < 1.29 is 19.4 Å². The van der Waals surface area contributed by atoms with Crippen LogP contribution in [0, 0.1) is 5.92 Å². The molecule has 1 amide bonds. The molecule has 0 radical (unpaired) electrons. The second-order valence-corrected chi connectivity index (χ2v) is 4.60. The number of carboxylic acid groups (broad SMARTS) is 1. The van der Waals surface area contributed by atoms with Crippen molar-refractivity contribution >= 4 is 12.1 Å². The van der Waals surface area contributed by atoms with Crippen molar-refractivity contribution in [3.8, 4) is 0 Å². The number of carbonyl (C=O) groups is 2. The Hall–Kier alpha value is -2.19. The van der Waals surface area contributed by atoms with Crippen LogP contribution in [0.5, 0.6) is 0 Å². The van der Waals surface area contributed by atoms with Crippen molar-refractivity contribution in [1.29, 1.82) is 0 Å². The number of piperidine rings is 1. The SMILES string of the molecule is CCOC(=O)C1CCN(C(=O)O)C(c2nnn(C)n2)C1. The first kappa shape index (κ1) is 14.2. The minimum atomic E-state index is -1.05. The average Bonchev–Trinajstić information content (AvgIpc) is 2.85. The smallest absolute Gasteiger partial charge is 0.407 e. The third-order valence-electron chi connectivity index (χ3n) is 3.29. The van der Waals surface area contributed by atoms with Gasteiger partial charge in [-0.25, -0.2) is 4.79 Å². The summed E-state index contributed by atoms with van der Waals surface area (Å²) in [5.41, 5.74) is 0. The molecule has 9 heteroatoms. The summed E-state index contributed by atoms with van der Waals surface area (Å²) in [5, 5.41) is 20.8. The standard InChI is InChI=1S/C11H17N5O4/c1-3-20-10(17)7-4-5-16(11(18)19)8(6-7)9-12-14-15(2)13-9/h7-8H,3-6H2,1-2H3,(H,18,19). The normalized spacial score (nSPS) is 22.6. The molecule has 1 aliphatic heterocycles. The van der Waals surface area contributed by atoms with E-state index in [0.29, 0.717) is 25.3 Å². The molecule has 1 saturated heterocycles. The summed E-state index contributed by atoms with van der Waals surface area (Å²) in [4.78, 5) is 25.6. The molecular formula is C11H17N5O4. The van der Waals surface area contributed by atoms with Crippen LogP contribution >= 0.6 is 0 Å². The monoisotopic (exact) mass is 283 g/mol. The topological polar surface area (TPSA) is 110 Å². The van der Waals surface area contributed by atoms with E-state index < -0.39 is 12.1 Å². The van der Waals surface area contributed by atoms with E-state index in [1.807, 2.05) is 0 Å². The lowest BCUT2D eigenvalue weighted by molar-refractivity contribution is -0.150. The van der Waals surface area contributed by atoms with E-state index in [1.54, 1.807) is 14.0 Å². The van der Waals surface area contributed by atoms with Crippen LogP contribution in [0.2, 0.25) is 0 Å². The maximum absolute atomic E-state index is 11.8. The summed E-state index contributed by atoms with van der Waals surface area (Å²) in [6.07, 6.45) is -0.289. The van der Waals surface area contributed by atoms with Gasteiger partial charge < -0.3 is 9.84 Å².